The smallest absolute Gasteiger partial charge is 0.358 e. The molecule has 1 heterocycles. The summed E-state index contributed by atoms with van der Waals surface area (Å²) in [6, 6.07) is 6.74. The lowest BCUT2D eigenvalue weighted by atomic mass is 10.1. The Kier molecular flexibility index (Phi) is 7.59. The molecule has 0 amide bonds. The van der Waals surface area contributed by atoms with Gasteiger partial charge in [0.05, 0.1) is 6.61 Å². The second kappa shape index (κ2) is 9.91. The van der Waals surface area contributed by atoms with E-state index in [4.69, 9.17) is 9.47 Å². The number of aromatic nitrogens is 1. The normalized spacial score (nSPS) is 10.6. The summed E-state index contributed by atoms with van der Waals surface area (Å²) in [6.07, 6.45) is 1.02. The standard InChI is InChI=1S/C19H24N2O4S/c1-4-24-15-7-5-14(6-8-15)17(22)11-25-18(23)16-12-26-19(21-16)20-10-9-13(2)3/h5-8,12-13H,4,9-11H2,1-3H3,(H,20,21). The number of ether oxygens (including phenoxy) is 2. The van der Waals surface area contributed by atoms with Crippen molar-refractivity contribution in [2.24, 2.45) is 5.92 Å². The Morgan fingerprint density at radius 2 is 1.96 bits per heavy atom. The maximum Gasteiger partial charge on any atom is 0.358 e. The van der Waals surface area contributed by atoms with E-state index >= 15 is 0 Å². The van der Waals surface area contributed by atoms with Crippen molar-refractivity contribution in [2.75, 3.05) is 25.1 Å². The first-order valence-electron chi connectivity index (χ1n) is 8.62. The Bertz CT molecular complexity index is 725. The molecule has 0 saturated heterocycles. The van der Waals surface area contributed by atoms with Crippen LogP contribution in [0.25, 0.3) is 0 Å². The molecular weight excluding hydrogens is 352 g/mol. The van der Waals surface area contributed by atoms with Gasteiger partial charge in [-0.3, -0.25) is 4.79 Å². The molecule has 6 nitrogen and oxygen atoms in total. The van der Waals surface area contributed by atoms with Crippen LogP contribution in [0.15, 0.2) is 29.6 Å². The van der Waals surface area contributed by atoms with E-state index in [1.165, 1.54) is 11.3 Å². The van der Waals surface area contributed by atoms with Crippen LogP contribution in [0, 0.1) is 5.92 Å². The summed E-state index contributed by atoms with van der Waals surface area (Å²) in [5.41, 5.74) is 0.678. The number of benzene rings is 1. The summed E-state index contributed by atoms with van der Waals surface area (Å²) in [5.74, 6) is 0.422. The molecule has 1 N–H and O–H groups in total. The number of thiazole rings is 1. The Morgan fingerprint density at radius 3 is 2.62 bits per heavy atom. The summed E-state index contributed by atoms with van der Waals surface area (Å²) < 4.78 is 10.4. The fraction of sp³-hybridized carbons (Fsp3) is 0.421. The average molecular weight is 376 g/mol. The van der Waals surface area contributed by atoms with Gasteiger partial charge in [-0.2, -0.15) is 0 Å². The number of Topliss-reactive ketones (excluding diaryl/α,β-unsaturated/α-hetero) is 1. The molecule has 0 aliphatic heterocycles. The van der Waals surface area contributed by atoms with E-state index in [9.17, 15) is 9.59 Å². The summed E-state index contributed by atoms with van der Waals surface area (Å²) in [7, 11) is 0. The monoisotopic (exact) mass is 376 g/mol. The van der Waals surface area contributed by atoms with Crippen LogP contribution >= 0.6 is 11.3 Å². The average Bonchev–Trinajstić information content (AvgIpc) is 3.09. The number of nitrogens with one attached hydrogen (secondary N) is 1. The predicted molar refractivity (Wildman–Crippen MR) is 102 cm³/mol. The minimum absolute atomic E-state index is 0.210. The molecule has 0 bridgehead atoms. The van der Waals surface area contributed by atoms with Gasteiger partial charge in [-0.1, -0.05) is 13.8 Å². The molecule has 1 aromatic carbocycles. The van der Waals surface area contributed by atoms with Crippen molar-refractivity contribution in [1.29, 1.82) is 0 Å². The van der Waals surface area contributed by atoms with Crippen LogP contribution in [0.4, 0.5) is 5.13 Å². The lowest BCUT2D eigenvalue weighted by Gasteiger charge is -2.05. The fourth-order valence-electron chi connectivity index (χ4n) is 2.11. The minimum atomic E-state index is -0.600. The summed E-state index contributed by atoms with van der Waals surface area (Å²) in [6.45, 7) is 7.23. The Morgan fingerprint density at radius 1 is 1.23 bits per heavy atom. The minimum Gasteiger partial charge on any atom is -0.494 e. The third-order valence-electron chi connectivity index (χ3n) is 3.53. The molecule has 140 valence electrons. The van der Waals surface area contributed by atoms with E-state index in [2.05, 4.69) is 24.1 Å². The highest BCUT2D eigenvalue weighted by molar-refractivity contribution is 7.13. The van der Waals surface area contributed by atoms with Crippen LogP contribution in [0.2, 0.25) is 0 Å². The van der Waals surface area contributed by atoms with Crippen molar-refractivity contribution < 1.29 is 19.1 Å². The summed E-state index contributed by atoms with van der Waals surface area (Å²) >= 11 is 1.34. The Balaban J connectivity index is 1.82. The Hall–Kier alpha value is -2.41. The molecule has 0 atom stereocenters. The van der Waals surface area contributed by atoms with Crippen molar-refractivity contribution in [3.05, 3.63) is 40.9 Å². The SMILES string of the molecule is CCOc1ccc(C(=O)COC(=O)c2csc(NCCC(C)C)n2)cc1. The number of nitrogens with zero attached hydrogens (tertiary/aromatic N) is 1. The van der Waals surface area contributed by atoms with Gasteiger partial charge in [0, 0.05) is 17.5 Å². The number of carbonyl (C=O) groups is 2. The lowest BCUT2D eigenvalue weighted by Crippen LogP contribution is -2.14. The van der Waals surface area contributed by atoms with Crippen molar-refractivity contribution >= 4 is 28.2 Å². The first kappa shape index (κ1) is 19.9. The zero-order valence-corrected chi connectivity index (χ0v) is 16.1. The molecule has 0 aliphatic rings. The van der Waals surface area contributed by atoms with E-state index in [0.717, 1.165) is 13.0 Å². The number of ketones is 1. The third-order valence-corrected chi connectivity index (χ3v) is 4.33. The highest BCUT2D eigenvalue weighted by atomic mass is 32.1. The van der Waals surface area contributed by atoms with Crippen molar-refractivity contribution in [3.63, 3.8) is 0 Å². The van der Waals surface area contributed by atoms with Crippen LogP contribution in [0.5, 0.6) is 5.75 Å². The molecule has 0 spiro atoms. The molecular formula is C19H24N2O4S. The van der Waals surface area contributed by atoms with Crippen molar-refractivity contribution in [3.8, 4) is 5.75 Å². The maximum absolute atomic E-state index is 12.1. The van der Waals surface area contributed by atoms with Gasteiger partial charge in [0.15, 0.2) is 23.2 Å². The van der Waals surface area contributed by atoms with Crippen molar-refractivity contribution in [2.45, 2.75) is 27.2 Å². The number of anilines is 1. The molecule has 1 aromatic heterocycles. The van der Waals surface area contributed by atoms with E-state index in [1.807, 2.05) is 6.92 Å². The predicted octanol–water partition coefficient (Wildman–Crippen LogP) is 4.04. The van der Waals surface area contributed by atoms with Gasteiger partial charge in [-0.05, 0) is 43.5 Å². The molecule has 0 radical (unpaired) electrons. The fourth-order valence-corrected chi connectivity index (χ4v) is 2.82. The highest BCUT2D eigenvalue weighted by Crippen LogP contribution is 2.17. The molecule has 0 fully saturated rings. The molecule has 26 heavy (non-hydrogen) atoms. The number of esters is 1. The van der Waals surface area contributed by atoms with Gasteiger partial charge in [0.2, 0.25) is 0 Å². The quantitative estimate of drug-likeness (QED) is 0.498. The van der Waals surface area contributed by atoms with E-state index in [1.54, 1.807) is 29.6 Å². The zero-order valence-electron chi connectivity index (χ0n) is 15.3. The first-order chi connectivity index (χ1) is 12.5. The topological polar surface area (TPSA) is 77.5 Å². The first-order valence-corrected chi connectivity index (χ1v) is 9.50. The van der Waals surface area contributed by atoms with Crippen LogP contribution < -0.4 is 10.1 Å². The van der Waals surface area contributed by atoms with Gasteiger partial charge >= 0.3 is 5.97 Å². The molecule has 0 saturated carbocycles. The summed E-state index contributed by atoms with van der Waals surface area (Å²) in [4.78, 5) is 28.3. The zero-order chi connectivity index (χ0) is 18.9. The largest absolute Gasteiger partial charge is 0.494 e. The lowest BCUT2D eigenvalue weighted by molar-refractivity contribution is 0.0470. The van der Waals surface area contributed by atoms with Crippen LogP contribution in [0.1, 0.15) is 48.0 Å². The van der Waals surface area contributed by atoms with Gasteiger partial charge in [0.1, 0.15) is 5.75 Å². The second-order valence-electron chi connectivity index (χ2n) is 6.10. The molecule has 0 unspecified atom stereocenters. The van der Waals surface area contributed by atoms with Crippen LogP contribution in [-0.2, 0) is 4.74 Å². The van der Waals surface area contributed by atoms with Gasteiger partial charge < -0.3 is 14.8 Å². The number of carbonyl (C=O) groups excluding carboxylic acids is 2. The third kappa shape index (κ3) is 6.15. The van der Waals surface area contributed by atoms with Gasteiger partial charge in [-0.15, -0.1) is 11.3 Å². The van der Waals surface area contributed by atoms with Gasteiger partial charge in [0.25, 0.3) is 0 Å². The number of hydrogen-bond donors (Lipinski definition) is 1. The van der Waals surface area contributed by atoms with E-state index in [-0.39, 0.29) is 18.1 Å². The second-order valence-corrected chi connectivity index (χ2v) is 6.96. The number of hydrogen-bond acceptors (Lipinski definition) is 7. The van der Waals surface area contributed by atoms with Crippen LogP contribution in [-0.4, -0.2) is 36.5 Å². The maximum atomic E-state index is 12.1. The van der Waals surface area contributed by atoms with E-state index < -0.39 is 5.97 Å². The molecule has 0 aliphatic carbocycles. The molecule has 7 heteroatoms. The van der Waals surface area contributed by atoms with E-state index in [0.29, 0.717) is 29.0 Å². The molecule has 2 aromatic rings. The molecule has 2 rings (SSSR count). The van der Waals surface area contributed by atoms with Gasteiger partial charge in [-0.25, -0.2) is 9.78 Å². The van der Waals surface area contributed by atoms with Crippen molar-refractivity contribution in [1.82, 2.24) is 4.98 Å². The highest BCUT2D eigenvalue weighted by Gasteiger charge is 2.15. The summed E-state index contributed by atoms with van der Waals surface area (Å²) in [5, 5.41) is 5.48. The number of rotatable bonds is 10. The Labute approximate surface area is 157 Å². The van der Waals surface area contributed by atoms with Crippen LogP contribution in [0.3, 0.4) is 0 Å².